The Morgan fingerprint density at radius 3 is 2.15 bits per heavy atom. The van der Waals surface area contributed by atoms with Crippen molar-refractivity contribution in [3.8, 4) is 0 Å². The molecule has 0 aliphatic rings. The maximum Gasteiger partial charge on any atom is 0.148 e. The van der Waals surface area contributed by atoms with Gasteiger partial charge in [0.2, 0.25) is 0 Å². The van der Waals surface area contributed by atoms with Crippen molar-refractivity contribution in [1.29, 1.82) is 0 Å². The maximum absolute atomic E-state index is 5.52. The van der Waals surface area contributed by atoms with Gasteiger partial charge in [-0.25, -0.2) is 15.8 Å². The van der Waals surface area contributed by atoms with Gasteiger partial charge in [0.1, 0.15) is 17.5 Å². The van der Waals surface area contributed by atoms with Crippen LogP contribution in [0.4, 0.5) is 17.3 Å². The zero-order valence-electron chi connectivity index (χ0n) is 12.4. The molecule has 5 heteroatoms. The number of hydrazine groups is 1. The number of aromatic nitrogens is 2. The third kappa shape index (κ3) is 3.05. The van der Waals surface area contributed by atoms with Gasteiger partial charge in [0.05, 0.1) is 0 Å². The maximum atomic E-state index is 5.52. The number of hydrogen-bond acceptors (Lipinski definition) is 5. The summed E-state index contributed by atoms with van der Waals surface area (Å²) >= 11 is 0. The first-order valence-corrected chi connectivity index (χ1v) is 6.73. The Morgan fingerprint density at radius 2 is 1.60 bits per heavy atom. The minimum absolute atomic E-state index is 0.656. The van der Waals surface area contributed by atoms with Gasteiger partial charge in [0.15, 0.2) is 0 Å². The van der Waals surface area contributed by atoms with Gasteiger partial charge < -0.3 is 10.7 Å². The summed E-state index contributed by atoms with van der Waals surface area (Å²) in [5, 5.41) is 3.36. The van der Waals surface area contributed by atoms with Crippen molar-refractivity contribution in [1.82, 2.24) is 9.97 Å². The summed E-state index contributed by atoms with van der Waals surface area (Å²) in [6.07, 6.45) is 0.760. The van der Waals surface area contributed by atoms with Gasteiger partial charge in [-0.15, -0.1) is 0 Å². The number of anilines is 3. The van der Waals surface area contributed by atoms with Crippen LogP contribution >= 0.6 is 0 Å². The van der Waals surface area contributed by atoms with Crippen LogP contribution in [-0.2, 0) is 6.42 Å². The van der Waals surface area contributed by atoms with Crippen LogP contribution < -0.4 is 16.6 Å². The lowest BCUT2D eigenvalue weighted by molar-refractivity contribution is 0.932. The first-order chi connectivity index (χ1) is 9.53. The van der Waals surface area contributed by atoms with E-state index >= 15 is 0 Å². The van der Waals surface area contributed by atoms with E-state index in [1.807, 2.05) is 13.8 Å². The van der Waals surface area contributed by atoms with Crippen molar-refractivity contribution in [2.45, 2.75) is 34.1 Å². The van der Waals surface area contributed by atoms with E-state index < -0.39 is 0 Å². The van der Waals surface area contributed by atoms with E-state index in [0.29, 0.717) is 5.82 Å². The molecule has 1 aromatic heterocycles. The largest absolute Gasteiger partial charge is 0.340 e. The molecule has 4 N–H and O–H groups in total. The topological polar surface area (TPSA) is 75.9 Å². The second kappa shape index (κ2) is 5.88. The Labute approximate surface area is 119 Å². The van der Waals surface area contributed by atoms with Crippen LogP contribution in [0.15, 0.2) is 18.2 Å². The average Bonchev–Trinajstić information content (AvgIpc) is 2.40. The normalized spacial score (nSPS) is 10.4. The molecule has 1 aromatic carbocycles. The lowest BCUT2D eigenvalue weighted by atomic mass is 10.1. The number of hydrogen-bond donors (Lipinski definition) is 3. The molecule has 106 valence electrons. The molecule has 1 heterocycles. The highest BCUT2D eigenvalue weighted by molar-refractivity contribution is 5.65. The Balaban J connectivity index is 2.41. The van der Waals surface area contributed by atoms with Crippen LogP contribution in [0.5, 0.6) is 0 Å². The van der Waals surface area contributed by atoms with Gasteiger partial charge >= 0.3 is 0 Å². The molecule has 0 saturated heterocycles. The van der Waals surface area contributed by atoms with Gasteiger partial charge in [-0.05, 0) is 44.0 Å². The summed E-state index contributed by atoms with van der Waals surface area (Å²) in [4.78, 5) is 8.90. The fourth-order valence-electron chi connectivity index (χ4n) is 2.17. The molecule has 0 fully saturated rings. The quantitative estimate of drug-likeness (QED) is 0.588. The number of rotatable bonds is 4. The van der Waals surface area contributed by atoms with Crippen molar-refractivity contribution < 1.29 is 0 Å². The SMILES string of the molecule is CCc1nc(NN)c(C)c(Nc2cc(C)cc(C)c2)n1. The van der Waals surface area contributed by atoms with Gasteiger partial charge in [0.25, 0.3) is 0 Å². The third-order valence-electron chi connectivity index (χ3n) is 3.13. The van der Waals surface area contributed by atoms with E-state index in [9.17, 15) is 0 Å². The van der Waals surface area contributed by atoms with E-state index in [4.69, 9.17) is 5.84 Å². The summed E-state index contributed by atoms with van der Waals surface area (Å²) in [5.74, 6) is 7.72. The molecular weight excluding hydrogens is 250 g/mol. The van der Waals surface area contributed by atoms with E-state index in [0.717, 1.165) is 29.3 Å². The monoisotopic (exact) mass is 271 g/mol. The average molecular weight is 271 g/mol. The molecule has 0 bridgehead atoms. The van der Waals surface area contributed by atoms with Crippen LogP contribution in [0.3, 0.4) is 0 Å². The predicted octanol–water partition coefficient (Wildman–Crippen LogP) is 2.99. The third-order valence-corrected chi connectivity index (χ3v) is 3.13. The summed E-state index contributed by atoms with van der Waals surface area (Å²) in [6, 6.07) is 6.33. The Morgan fingerprint density at radius 1 is 1.00 bits per heavy atom. The molecule has 0 unspecified atom stereocenters. The molecule has 0 aliphatic heterocycles. The highest BCUT2D eigenvalue weighted by Crippen LogP contribution is 2.24. The number of nitrogens with one attached hydrogen (secondary N) is 2. The lowest BCUT2D eigenvalue weighted by Crippen LogP contribution is -2.13. The number of nitrogens with two attached hydrogens (primary N) is 1. The summed E-state index contributed by atoms with van der Waals surface area (Å²) in [7, 11) is 0. The molecule has 5 nitrogen and oxygen atoms in total. The summed E-state index contributed by atoms with van der Waals surface area (Å²) in [5.41, 5.74) is 6.99. The highest BCUT2D eigenvalue weighted by atomic mass is 15.3. The van der Waals surface area contributed by atoms with Crippen LogP contribution in [0.25, 0.3) is 0 Å². The molecule has 0 atom stereocenters. The number of nitrogen functional groups attached to an aromatic ring is 1. The minimum atomic E-state index is 0.656. The molecule has 0 amide bonds. The minimum Gasteiger partial charge on any atom is -0.340 e. The van der Waals surface area contributed by atoms with Gasteiger partial charge in [-0.3, -0.25) is 0 Å². The van der Waals surface area contributed by atoms with Gasteiger partial charge in [-0.2, -0.15) is 0 Å². The van der Waals surface area contributed by atoms with E-state index in [2.05, 4.69) is 52.8 Å². The van der Waals surface area contributed by atoms with E-state index in [-0.39, 0.29) is 0 Å². The molecule has 0 saturated carbocycles. The smallest absolute Gasteiger partial charge is 0.148 e. The van der Waals surface area contributed by atoms with Crippen molar-refractivity contribution >= 4 is 17.3 Å². The molecule has 20 heavy (non-hydrogen) atoms. The summed E-state index contributed by atoms with van der Waals surface area (Å²) < 4.78 is 0. The zero-order valence-corrected chi connectivity index (χ0v) is 12.4. The van der Waals surface area contributed by atoms with Crippen LogP contribution in [0.2, 0.25) is 0 Å². The zero-order chi connectivity index (χ0) is 14.7. The molecule has 0 aliphatic carbocycles. The lowest BCUT2D eigenvalue weighted by Gasteiger charge is -2.14. The molecule has 0 spiro atoms. The van der Waals surface area contributed by atoms with Gasteiger partial charge in [-0.1, -0.05) is 13.0 Å². The number of benzene rings is 1. The first-order valence-electron chi connectivity index (χ1n) is 6.73. The second-order valence-electron chi connectivity index (χ2n) is 4.96. The standard InChI is InChI=1S/C15H21N5/c1-5-13-18-14(11(4)15(19-13)20-16)17-12-7-9(2)6-10(3)8-12/h6-8H,5,16H2,1-4H3,(H2,17,18,19,20). The van der Waals surface area contributed by atoms with Crippen molar-refractivity contribution in [2.24, 2.45) is 5.84 Å². The Hall–Kier alpha value is -2.14. The highest BCUT2D eigenvalue weighted by Gasteiger charge is 2.10. The fourth-order valence-corrected chi connectivity index (χ4v) is 2.17. The number of aryl methyl sites for hydroxylation is 3. The molecular formula is C15H21N5. The van der Waals surface area contributed by atoms with E-state index in [1.165, 1.54) is 11.1 Å². The Bertz CT molecular complexity index is 602. The predicted molar refractivity (Wildman–Crippen MR) is 83.2 cm³/mol. The van der Waals surface area contributed by atoms with Crippen LogP contribution in [0, 0.1) is 20.8 Å². The van der Waals surface area contributed by atoms with Crippen LogP contribution in [0.1, 0.15) is 29.4 Å². The summed E-state index contributed by atoms with van der Waals surface area (Å²) in [6.45, 7) is 8.12. The first kappa shape index (κ1) is 14.3. The molecule has 0 radical (unpaired) electrons. The molecule has 2 rings (SSSR count). The van der Waals surface area contributed by atoms with Crippen molar-refractivity contribution in [3.63, 3.8) is 0 Å². The fraction of sp³-hybridized carbons (Fsp3) is 0.333. The number of nitrogens with zero attached hydrogens (tertiary/aromatic N) is 2. The van der Waals surface area contributed by atoms with Crippen LogP contribution in [-0.4, -0.2) is 9.97 Å². The van der Waals surface area contributed by atoms with Crippen molar-refractivity contribution in [2.75, 3.05) is 10.7 Å². The Kier molecular flexibility index (Phi) is 4.20. The van der Waals surface area contributed by atoms with E-state index in [1.54, 1.807) is 0 Å². The van der Waals surface area contributed by atoms with Gasteiger partial charge in [0, 0.05) is 17.7 Å². The van der Waals surface area contributed by atoms with Crippen molar-refractivity contribution in [3.05, 3.63) is 40.7 Å². The second-order valence-corrected chi connectivity index (χ2v) is 4.96. The molecule has 2 aromatic rings.